The monoisotopic (exact) mass is 187 g/mol. The third-order valence-electron chi connectivity index (χ3n) is 1.59. The summed E-state index contributed by atoms with van der Waals surface area (Å²) in [6.45, 7) is 3.78. The molecular weight excluding hydrogens is 178 g/mol. The van der Waals surface area contributed by atoms with Gasteiger partial charge in [-0.3, -0.25) is 9.36 Å². The lowest BCUT2D eigenvalue weighted by atomic mass is 10.1. The molecule has 0 atom stereocenters. The smallest absolute Gasteiger partial charge is 0.276 e. The normalized spacial score (nSPS) is 10.8. The van der Waals surface area contributed by atoms with Crippen molar-refractivity contribution < 1.29 is 0 Å². The maximum Gasteiger partial charge on any atom is 0.276 e. The summed E-state index contributed by atoms with van der Waals surface area (Å²) in [5, 5.41) is 7.48. The molecule has 1 aromatic rings. The van der Waals surface area contributed by atoms with Crippen molar-refractivity contribution in [3.05, 3.63) is 21.3 Å². The molecule has 0 aliphatic carbocycles. The van der Waals surface area contributed by atoms with Crippen LogP contribution in [0.15, 0.2) is 4.79 Å². The molecule has 1 aromatic heterocycles. The van der Waals surface area contributed by atoms with Gasteiger partial charge in [0.25, 0.3) is 5.56 Å². The minimum Gasteiger partial charge on any atom is -0.283 e. The summed E-state index contributed by atoms with van der Waals surface area (Å²) in [6.07, 6.45) is 0. The van der Waals surface area contributed by atoms with Gasteiger partial charge in [0.1, 0.15) is 5.69 Å². The Morgan fingerprint density at radius 1 is 1.42 bits per heavy atom. The Balaban J connectivity index is 3.37. The Labute approximate surface area is 75.2 Å². The van der Waals surface area contributed by atoms with Gasteiger partial charge >= 0.3 is 0 Å². The van der Waals surface area contributed by atoms with Crippen molar-refractivity contribution >= 4 is 11.6 Å². The highest BCUT2D eigenvalue weighted by Gasteiger charge is 2.10. The first-order valence-corrected chi connectivity index (χ1v) is 4.01. The van der Waals surface area contributed by atoms with E-state index in [0.717, 1.165) is 0 Å². The van der Waals surface area contributed by atoms with Crippen molar-refractivity contribution in [3.8, 4) is 0 Å². The molecule has 0 unspecified atom stereocenters. The van der Waals surface area contributed by atoms with Crippen LogP contribution in [-0.4, -0.2) is 14.8 Å². The topological polar surface area (TPSA) is 47.8 Å². The van der Waals surface area contributed by atoms with Crippen LogP contribution >= 0.6 is 11.6 Å². The van der Waals surface area contributed by atoms with Gasteiger partial charge in [-0.05, 0) is 11.6 Å². The Bertz CT molecular complexity index is 345. The third kappa shape index (κ3) is 1.48. The Morgan fingerprint density at radius 3 is 2.50 bits per heavy atom. The van der Waals surface area contributed by atoms with Crippen LogP contribution in [0, 0.1) is 0 Å². The van der Waals surface area contributed by atoms with Gasteiger partial charge in [-0.25, -0.2) is 0 Å². The highest BCUT2D eigenvalue weighted by atomic mass is 35.5. The number of rotatable bonds is 1. The second-order valence-electron chi connectivity index (χ2n) is 2.87. The fourth-order valence-corrected chi connectivity index (χ4v) is 0.938. The zero-order valence-corrected chi connectivity index (χ0v) is 7.96. The predicted molar refractivity (Wildman–Crippen MR) is 46.4 cm³/mol. The van der Waals surface area contributed by atoms with Crippen LogP contribution in [0.1, 0.15) is 25.5 Å². The van der Waals surface area contributed by atoms with Gasteiger partial charge in [-0.15, -0.1) is 10.2 Å². The second-order valence-corrected chi connectivity index (χ2v) is 3.21. The van der Waals surface area contributed by atoms with Crippen molar-refractivity contribution in [1.82, 2.24) is 14.8 Å². The zero-order chi connectivity index (χ0) is 9.30. The molecule has 0 radical (unpaired) electrons. The molecule has 1 heterocycles. The maximum absolute atomic E-state index is 11.4. The largest absolute Gasteiger partial charge is 0.283 e. The number of aromatic nitrogens is 3. The lowest BCUT2D eigenvalue weighted by Crippen LogP contribution is -2.25. The molecule has 0 amide bonds. The van der Waals surface area contributed by atoms with E-state index in [0.29, 0.717) is 5.69 Å². The molecule has 12 heavy (non-hydrogen) atoms. The Morgan fingerprint density at radius 2 is 2.00 bits per heavy atom. The van der Waals surface area contributed by atoms with Gasteiger partial charge in [0.15, 0.2) is 0 Å². The lowest BCUT2D eigenvalue weighted by molar-refractivity contribution is 0.689. The fourth-order valence-electron chi connectivity index (χ4n) is 0.823. The molecular formula is C7H10ClN3O. The van der Waals surface area contributed by atoms with E-state index in [2.05, 4.69) is 10.2 Å². The van der Waals surface area contributed by atoms with Crippen molar-refractivity contribution in [1.29, 1.82) is 0 Å². The molecule has 0 aliphatic rings. The minimum absolute atomic E-state index is 0.0773. The maximum atomic E-state index is 11.4. The molecule has 0 bridgehead atoms. The SMILES string of the molecule is CC(C)c1nnc(Cl)n(C)c1=O. The van der Waals surface area contributed by atoms with Crippen molar-refractivity contribution in [3.63, 3.8) is 0 Å². The van der Waals surface area contributed by atoms with Crippen molar-refractivity contribution in [2.45, 2.75) is 19.8 Å². The quantitative estimate of drug-likeness (QED) is 0.658. The van der Waals surface area contributed by atoms with Gasteiger partial charge in [-0.1, -0.05) is 13.8 Å². The van der Waals surface area contributed by atoms with Gasteiger partial charge in [0.05, 0.1) is 0 Å². The molecule has 0 saturated carbocycles. The van der Waals surface area contributed by atoms with E-state index in [-0.39, 0.29) is 16.8 Å². The molecule has 66 valence electrons. The zero-order valence-electron chi connectivity index (χ0n) is 7.21. The summed E-state index contributed by atoms with van der Waals surface area (Å²) < 4.78 is 1.28. The summed E-state index contributed by atoms with van der Waals surface area (Å²) in [5.74, 6) is 0.0773. The average molecular weight is 188 g/mol. The van der Waals surface area contributed by atoms with Gasteiger partial charge in [0, 0.05) is 13.0 Å². The Kier molecular flexibility index (Phi) is 2.47. The fraction of sp³-hybridized carbons (Fsp3) is 0.571. The molecule has 4 nitrogen and oxygen atoms in total. The predicted octanol–water partition coefficient (Wildman–Crippen LogP) is 0.952. The van der Waals surface area contributed by atoms with Crippen molar-refractivity contribution in [2.75, 3.05) is 0 Å². The van der Waals surface area contributed by atoms with Crippen molar-refractivity contribution in [2.24, 2.45) is 7.05 Å². The molecule has 5 heteroatoms. The standard InChI is InChI=1S/C7H10ClN3O/c1-4(2)5-6(12)11(3)7(8)10-9-5/h4H,1-3H3. The second kappa shape index (κ2) is 3.23. The number of hydrogen-bond donors (Lipinski definition) is 0. The molecule has 0 saturated heterocycles. The van der Waals surface area contributed by atoms with Crippen LogP contribution in [0.25, 0.3) is 0 Å². The van der Waals surface area contributed by atoms with E-state index >= 15 is 0 Å². The van der Waals surface area contributed by atoms with Crippen LogP contribution in [0.2, 0.25) is 5.28 Å². The molecule has 0 aromatic carbocycles. The first-order chi connectivity index (χ1) is 5.54. The van der Waals surface area contributed by atoms with Crippen LogP contribution < -0.4 is 5.56 Å². The first-order valence-electron chi connectivity index (χ1n) is 3.63. The molecule has 0 aliphatic heterocycles. The summed E-state index contributed by atoms with van der Waals surface area (Å²) in [5.41, 5.74) is 0.270. The van der Waals surface area contributed by atoms with Crippen LogP contribution in [0.5, 0.6) is 0 Å². The van der Waals surface area contributed by atoms with Gasteiger partial charge in [-0.2, -0.15) is 0 Å². The summed E-state index contributed by atoms with van der Waals surface area (Å²) >= 11 is 5.58. The van der Waals surface area contributed by atoms with Crippen LogP contribution in [0.3, 0.4) is 0 Å². The third-order valence-corrected chi connectivity index (χ3v) is 1.92. The molecule has 1 rings (SSSR count). The van der Waals surface area contributed by atoms with E-state index in [9.17, 15) is 4.79 Å². The van der Waals surface area contributed by atoms with E-state index in [1.54, 1.807) is 7.05 Å². The highest BCUT2D eigenvalue weighted by Crippen LogP contribution is 2.06. The van der Waals surface area contributed by atoms with E-state index in [4.69, 9.17) is 11.6 Å². The summed E-state index contributed by atoms with van der Waals surface area (Å²) in [7, 11) is 1.57. The average Bonchev–Trinajstić information content (AvgIpc) is 2.00. The van der Waals surface area contributed by atoms with E-state index < -0.39 is 0 Å². The van der Waals surface area contributed by atoms with Crippen LogP contribution in [-0.2, 0) is 7.05 Å². The molecule has 0 fully saturated rings. The number of hydrogen-bond acceptors (Lipinski definition) is 3. The van der Waals surface area contributed by atoms with E-state index in [1.807, 2.05) is 13.8 Å². The number of nitrogens with zero attached hydrogens (tertiary/aromatic N) is 3. The van der Waals surface area contributed by atoms with Gasteiger partial charge < -0.3 is 0 Å². The summed E-state index contributed by atoms with van der Waals surface area (Å²) in [4.78, 5) is 11.4. The lowest BCUT2D eigenvalue weighted by Gasteiger charge is -2.04. The minimum atomic E-state index is -0.176. The van der Waals surface area contributed by atoms with E-state index in [1.165, 1.54) is 4.57 Å². The number of halogens is 1. The first kappa shape index (κ1) is 9.19. The van der Waals surface area contributed by atoms with Gasteiger partial charge in [0.2, 0.25) is 5.28 Å². The highest BCUT2D eigenvalue weighted by molar-refractivity contribution is 6.28. The molecule has 0 spiro atoms. The Hall–Kier alpha value is -0.900. The molecule has 0 N–H and O–H groups in total. The summed E-state index contributed by atoms with van der Waals surface area (Å²) in [6, 6.07) is 0. The van der Waals surface area contributed by atoms with Crippen LogP contribution in [0.4, 0.5) is 0 Å².